The smallest absolute Gasteiger partial charge is 0.416 e. The van der Waals surface area contributed by atoms with Crippen molar-refractivity contribution in [2.45, 2.75) is 44.3 Å². The maximum Gasteiger partial charge on any atom is 0.416 e. The highest BCUT2D eigenvalue weighted by molar-refractivity contribution is 8.18. The van der Waals surface area contributed by atoms with Gasteiger partial charge in [-0.3, -0.25) is 9.69 Å². The van der Waals surface area contributed by atoms with Crippen LogP contribution < -0.4 is 0 Å². The third-order valence-electron chi connectivity index (χ3n) is 6.60. The molecule has 1 atom stereocenters. The first-order chi connectivity index (χ1) is 19.5. The Hall–Kier alpha value is -3.37. The molecule has 4 rings (SSSR count). The standard InChI is InChI=1S/C22H23F6N3O2S.C4H4O4/c23-21(24,25)15-2-1-14(17(10-15)22(26,27)28)11-30-6-3-13(4-7-30)9-18-19(29-20(33)34-18)31-8-5-16(32)12-31;5-3(6)1-2-4(7)8/h1-2,9-10,13,16,32H,3-8,11-12H2;1-2H,(H,5,6)(H,7,8)/b18-9-;2-1+. The van der Waals surface area contributed by atoms with Gasteiger partial charge in [0.05, 0.1) is 22.1 Å². The lowest BCUT2D eigenvalue weighted by Crippen LogP contribution is -2.34. The van der Waals surface area contributed by atoms with E-state index in [1.165, 1.54) is 0 Å². The van der Waals surface area contributed by atoms with Gasteiger partial charge < -0.3 is 20.2 Å². The monoisotopic (exact) mass is 623 g/mol. The summed E-state index contributed by atoms with van der Waals surface area (Å²) in [6.45, 7) is 1.87. The van der Waals surface area contributed by atoms with E-state index in [1.54, 1.807) is 4.90 Å². The Kier molecular flexibility index (Phi) is 10.8. The first kappa shape index (κ1) is 33.1. The van der Waals surface area contributed by atoms with Crippen LogP contribution in [0.1, 0.15) is 36.0 Å². The van der Waals surface area contributed by atoms with Crippen LogP contribution in [0.2, 0.25) is 0 Å². The predicted octanol–water partition coefficient (Wildman–Crippen LogP) is 4.86. The fourth-order valence-electron chi connectivity index (χ4n) is 4.60. The molecule has 230 valence electrons. The Morgan fingerprint density at radius 1 is 0.976 bits per heavy atom. The molecule has 3 N–H and O–H groups in total. The number of rotatable bonds is 5. The van der Waals surface area contributed by atoms with E-state index in [4.69, 9.17) is 10.2 Å². The second kappa shape index (κ2) is 13.7. The number of halogens is 6. The average molecular weight is 624 g/mol. The summed E-state index contributed by atoms with van der Waals surface area (Å²) in [6, 6.07) is 1.77. The Labute approximate surface area is 240 Å². The van der Waals surface area contributed by atoms with E-state index in [9.17, 15) is 45.8 Å². The molecule has 0 saturated carbocycles. The van der Waals surface area contributed by atoms with Gasteiger partial charge in [0.15, 0.2) is 0 Å². The number of amides is 1. The summed E-state index contributed by atoms with van der Waals surface area (Å²) in [7, 11) is 0. The number of thioether (sulfide) groups is 1. The van der Waals surface area contributed by atoms with Crippen LogP contribution in [0.3, 0.4) is 0 Å². The van der Waals surface area contributed by atoms with Crippen LogP contribution in [0.25, 0.3) is 0 Å². The van der Waals surface area contributed by atoms with Crippen LogP contribution in [-0.4, -0.2) is 80.4 Å². The van der Waals surface area contributed by atoms with E-state index in [0.29, 0.717) is 69.5 Å². The van der Waals surface area contributed by atoms with Gasteiger partial charge in [-0.05, 0) is 67.7 Å². The van der Waals surface area contributed by atoms with Gasteiger partial charge in [0.2, 0.25) is 0 Å². The molecule has 3 aliphatic rings. The van der Waals surface area contributed by atoms with Crippen molar-refractivity contribution in [1.29, 1.82) is 0 Å². The molecule has 0 spiro atoms. The summed E-state index contributed by atoms with van der Waals surface area (Å²) in [4.78, 5) is 39.5. The molecule has 0 radical (unpaired) electrons. The number of nitrogens with zero attached hydrogens (tertiary/aromatic N) is 3. The minimum atomic E-state index is -4.88. The molecular formula is C26H27F6N3O6S. The minimum absolute atomic E-state index is 0.0945. The molecular weight excluding hydrogens is 596 g/mol. The van der Waals surface area contributed by atoms with Crippen molar-refractivity contribution in [2.24, 2.45) is 10.9 Å². The van der Waals surface area contributed by atoms with Crippen molar-refractivity contribution in [1.82, 2.24) is 9.80 Å². The zero-order valence-electron chi connectivity index (χ0n) is 21.9. The van der Waals surface area contributed by atoms with Gasteiger partial charge in [0.25, 0.3) is 0 Å². The second-order valence-corrected chi connectivity index (χ2v) is 10.7. The number of aliphatic hydroxyl groups excluding tert-OH is 1. The van der Waals surface area contributed by atoms with Crippen LogP contribution in [-0.2, 0) is 28.5 Å². The van der Waals surface area contributed by atoms with Crippen molar-refractivity contribution >= 4 is 34.8 Å². The number of amidine groups is 1. The topological polar surface area (TPSA) is 131 Å². The van der Waals surface area contributed by atoms with Crippen molar-refractivity contribution in [2.75, 3.05) is 26.2 Å². The fraction of sp³-hybridized carbons (Fsp3) is 0.462. The average Bonchev–Trinajstić information content (AvgIpc) is 3.48. The summed E-state index contributed by atoms with van der Waals surface area (Å²) in [5, 5.41) is 25.1. The van der Waals surface area contributed by atoms with Crippen molar-refractivity contribution < 1.29 is 56.0 Å². The molecule has 1 aromatic carbocycles. The molecule has 2 saturated heterocycles. The lowest BCUT2D eigenvalue weighted by Gasteiger charge is -2.32. The van der Waals surface area contributed by atoms with E-state index in [0.717, 1.165) is 22.7 Å². The highest BCUT2D eigenvalue weighted by Gasteiger charge is 2.38. The molecule has 0 aromatic heterocycles. The van der Waals surface area contributed by atoms with Gasteiger partial charge in [0, 0.05) is 31.8 Å². The highest BCUT2D eigenvalue weighted by Crippen LogP contribution is 2.38. The SMILES string of the molecule is O=C(O)/C=C/C(=O)O.O=C1N=C(N2CCC(O)C2)/C(=C/C2CCN(Cc3ccc(C(F)(F)F)cc3C(F)(F)F)CC2)S1. The molecule has 42 heavy (non-hydrogen) atoms. The number of β-amino-alcohol motifs (C(OH)–C–C–N with tert-alkyl or cyclic N) is 1. The first-order valence-corrected chi connectivity index (χ1v) is 13.4. The van der Waals surface area contributed by atoms with E-state index in [-0.39, 0.29) is 29.3 Å². The molecule has 0 aliphatic carbocycles. The Balaban J connectivity index is 0.000000531. The largest absolute Gasteiger partial charge is 0.478 e. The molecule has 3 aliphatic heterocycles. The van der Waals surface area contributed by atoms with Crippen LogP contribution in [0, 0.1) is 5.92 Å². The fourth-order valence-corrected chi connectivity index (χ4v) is 5.45. The number of carbonyl (C=O) groups is 3. The molecule has 3 heterocycles. The van der Waals surface area contributed by atoms with Crippen LogP contribution >= 0.6 is 11.8 Å². The molecule has 16 heteroatoms. The number of carbonyl (C=O) groups excluding carboxylic acids is 1. The number of benzene rings is 1. The van der Waals surface area contributed by atoms with Crippen LogP contribution in [0.15, 0.2) is 46.3 Å². The maximum absolute atomic E-state index is 13.4. The van der Waals surface area contributed by atoms with Gasteiger partial charge in [0.1, 0.15) is 5.84 Å². The van der Waals surface area contributed by atoms with E-state index in [1.807, 2.05) is 11.0 Å². The van der Waals surface area contributed by atoms with Gasteiger partial charge >= 0.3 is 29.5 Å². The lowest BCUT2D eigenvalue weighted by atomic mass is 9.95. The first-order valence-electron chi connectivity index (χ1n) is 12.6. The normalized spacial score (nSPS) is 21.5. The molecule has 1 unspecified atom stereocenters. The molecule has 0 bridgehead atoms. The number of alkyl halides is 6. The van der Waals surface area contributed by atoms with E-state index < -0.39 is 41.5 Å². The quantitative estimate of drug-likeness (QED) is 0.311. The highest BCUT2D eigenvalue weighted by atomic mass is 32.2. The summed E-state index contributed by atoms with van der Waals surface area (Å²) in [6.07, 6.45) is -5.23. The van der Waals surface area contributed by atoms with Gasteiger partial charge in [-0.25, -0.2) is 9.59 Å². The van der Waals surface area contributed by atoms with Crippen molar-refractivity contribution in [3.63, 3.8) is 0 Å². The number of allylic oxidation sites excluding steroid dienone is 1. The minimum Gasteiger partial charge on any atom is -0.478 e. The van der Waals surface area contributed by atoms with Crippen LogP contribution in [0.5, 0.6) is 0 Å². The number of aliphatic carboxylic acids is 2. The number of aliphatic hydroxyl groups is 1. The number of carboxylic acid groups (broad SMARTS) is 2. The summed E-state index contributed by atoms with van der Waals surface area (Å²) >= 11 is 1.03. The number of hydrogen-bond acceptors (Lipinski definition) is 7. The number of hydrogen-bond donors (Lipinski definition) is 3. The van der Waals surface area contributed by atoms with Crippen LogP contribution in [0.4, 0.5) is 31.1 Å². The van der Waals surface area contributed by atoms with E-state index >= 15 is 0 Å². The van der Waals surface area contributed by atoms with E-state index in [2.05, 4.69) is 4.99 Å². The number of likely N-dealkylation sites (tertiary alicyclic amines) is 2. The Bertz CT molecular complexity index is 1260. The van der Waals surface area contributed by atoms with Gasteiger partial charge in [-0.1, -0.05) is 12.1 Å². The summed E-state index contributed by atoms with van der Waals surface area (Å²) in [5.41, 5.74) is -2.77. The number of carboxylic acids is 2. The predicted molar refractivity (Wildman–Crippen MR) is 140 cm³/mol. The summed E-state index contributed by atoms with van der Waals surface area (Å²) in [5.74, 6) is -1.86. The Morgan fingerprint density at radius 2 is 1.60 bits per heavy atom. The molecule has 1 aromatic rings. The maximum atomic E-state index is 13.4. The third-order valence-corrected chi connectivity index (χ3v) is 7.41. The third kappa shape index (κ3) is 9.59. The van der Waals surface area contributed by atoms with Gasteiger partial charge in [-0.2, -0.15) is 31.3 Å². The number of aliphatic imine (C=N–C) groups is 1. The second-order valence-electron chi connectivity index (χ2n) is 9.71. The van der Waals surface area contributed by atoms with Gasteiger partial charge in [-0.15, -0.1) is 0 Å². The number of piperidine rings is 1. The van der Waals surface area contributed by atoms with Crippen molar-refractivity contribution in [3.8, 4) is 0 Å². The summed E-state index contributed by atoms with van der Waals surface area (Å²) < 4.78 is 79.0. The molecule has 9 nitrogen and oxygen atoms in total. The zero-order valence-corrected chi connectivity index (χ0v) is 22.7. The van der Waals surface area contributed by atoms with Crippen molar-refractivity contribution in [3.05, 3.63) is 58.0 Å². The molecule has 1 amide bonds. The Morgan fingerprint density at radius 3 is 2.10 bits per heavy atom. The lowest BCUT2D eigenvalue weighted by molar-refractivity contribution is -0.143. The molecule has 2 fully saturated rings. The zero-order chi connectivity index (χ0) is 31.2.